The monoisotopic (exact) mass is 483 g/mol. The first kappa shape index (κ1) is 22.3. The highest BCUT2D eigenvalue weighted by molar-refractivity contribution is 8.00. The number of nitriles is 1. The van der Waals surface area contributed by atoms with Crippen LogP contribution in [0.5, 0.6) is 0 Å². The van der Waals surface area contributed by atoms with Gasteiger partial charge in [-0.3, -0.25) is 4.79 Å². The molecule has 1 saturated heterocycles. The molecule has 1 fully saturated rings. The van der Waals surface area contributed by atoms with Crippen LogP contribution in [-0.2, 0) is 9.59 Å². The van der Waals surface area contributed by atoms with Gasteiger partial charge in [-0.25, -0.2) is 9.78 Å². The highest BCUT2D eigenvalue weighted by Gasteiger charge is 2.34. The fourth-order valence-electron chi connectivity index (χ4n) is 3.68. The Bertz CT molecular complexity index is 1190. The van der Waals surface area contributed by atoms with Crippen LogP contribution in [0, 0.1) is 11.3 Å². The lowest BCUT2D eigenvalue weighted by Gasteiger charge is -2.21. The molecule has 0 unspecified atom stereocenters. The number of likely N-dealkylation sites (tertiary alicyclic amines) is 1. The molecule has 0 aliphatic carbocycles. The SMILES string of the molecule is N#Cc1c(-c2ccc(Cl)cc2)cc(-c2cccs2)nc1SCC(=O)N1CCC[C@H]1C(=O)O. The first-order valence-corrected chi connectivity index (χ1v) is 12.1. The second kappa shape index (κ2) is 9.74. The minimum atomic E-state index is -0.985. The zero-order chi connectivity index (χ0) is 22.7. The van der Waals surface area contributed by atoms with Crippen molar-refractivity contribution in [2.24, 2.45) is 0 Å². The minimum absolute atomic E-state index is 0.0133. The van der Waals surface area contributed by atoms with E-state index < -0.39 is 12.0 Å². The van der Waals surface area contributed by atoms with Gasteiger partial charge in [0.25, 0.3) is 0 Å². The molecule has 0 radical (unpaired) electrons. The molecule has 1 atom stereocenters. The molecule has 1 aliphatic rings. The van der Waals surface area contributed by atoms with Crippen LogP contribution >= 0.6 is 34.7 Å². The van der Waals surface area contributed by atoms with Crippen LogP contribution in [0.1, 0.15) is 18.4 Å². The number of thioether (sulfide) groups is 1. The molecule has 3 aromatic rings. The Morgan fingerprint density at radius 3 is 2.75 bits per heavy atom. The highest BCUT2D eigenvalue weighted by atomic mass is 35.5. The van der Waals surface area contributed by atoms with Gasteiger partial charge in [0.1, 0.15) is 17.1 Å². The lowest BCUT2D eigenvalue weighted by molar-refractivity contribution is -0.147. The molecular weight excluding hydrogens is 466 g/mol. The van der Waals surface area contributed by atoms with Crippen molar-refractivity contribution < 1.29 is 14.7 Å². The molecule has 32 heavy (non-hydrogen) atoms. The van der Waals surface area contributed by atoms with Crippen molar-refractivity contribution in [2.75, 3.05) is 12.3 Å². The Hall–Kier alpha value is -2.86. The average molecular weight is 484 g/mol. The molecule has 2 aromatic heterocycles. The van der Waals surface area contributed by atoms with Crippen molar-refractivity contribution in [2.45, 2.75) is 23.9 Å². The van der Waals surface area contributed by atoms with Crippen LogP contribution in [-0.4, -0.2) is 45.2 Å². The molecule has 6 nitrogen and oxygen atoms in total. The first-order chi connectivity index (χ1) is 15.5. The molecule has 3 heterocycles. The van der Waals surface area contributed by atoms with Crippen molar-refractivity contribution in [3.05, 3.63) is 58.4 Å². The second-order valence-corrected chi connectivity index (χ2v) is 9.55. The van der Waals surface area contributed by atoms with Crippen LogP contribution in [0.25, 0.3) is 21.7 Å². The summed E-state index contributed by atoms with van der Waals surface area (Å²) in [5.74, 6) is -1.24. The number of hydrogen-bond donors (Lipinski definition) is 1. The molecular formula is C23H18ClN3O3S2. The summed E-state index contributed by atoms with van der Waals surface area (Å²) in [6.45, 7) is 0.431. The van der Waals surface area contributed by atoms with E-state index in [4.69, 9.17) is 11.6 Å². The van der Waals surface area contributed by atoms with E-state index in [1.807, 2.05) is 35.7 Å². The summed E-state index contributed by atoms with van der Waals surface area (Å²) in [6, 6.07) is 14.4. The number of aliphatic carboxylic acids is 1. The van der Waals surface area contributed by atoms with E-state index in [1.54, 1.807) is 12.1 Å². The van der Waals surface area contributed by atoms with Crippen LogP contribution in [0.3, 0.4) is 0 Å². The quantitative estimate of drug-likeness (QED) is 0.486. The number of halogens is 1. The Labute approximate surface area is 198 Å². The van der Waals surface area contributed by atoms with Crippen LogP contribution in [0.4, 0.5) is 0 Å². The fourth-order valence-corrected chi connectivity index (χ4v) is 5.38. The summed E-state index contributed by atoms with van der Waals surface area (Å²) in [5.41, 5.74) is 2.62. The standard InChI is InChI=1S/C23H18ClN3O3S2/c24-15-7-5-14(6-8-15)16-11-18(20-4-2-10-31-20)26-22(17(16)12-25)32-13-21(28)27-9-1-3-19(27)23(29)30/h2,4-8,10-11,19H,1,3,9,13H2,(H,29,30)/t19-/m0/s1. The Morgan fingerprint density at radius 2 is 2.09 bits per heavy atom. The van der Waals surface area contributed by atoms with Crippen molar-refractivity contribution in [1.29, 1.82) is 5.26 Å². The zero-order valence-electron chi connectivity index (χ0n) is 16.8. The van der Waals surface area contributed by atoms with E-state index in [1.165, 1.54) is 16.2 Å². The smallest absolute Gasteiger partial charge is 0.326 e. The summed E-state index contributed by atoms with van der Waals surface area (Å²) in [5, 5.41) is 22.3. The van der Waals surface area contributed by atoms with E-state index in [-0.39, 0.29) is 11.7 Å². The Kier molecular flexibility index (Phi) is 6.80. The highest BCUT2D eigenvalue weighted by Crippen LogP contribution is 2.36. The average Bonchev–Trinajstić information content (AvgIpc) is 3.50. The van der Waals surface area contributed by atoms with Gasteiger partial charge in [-0.2, -0.15) is 5.26 Å². The topological polar surface area (TPSA) is 94.3 Å². The summed E-state index contributed by atoms with van der Waals surface area (Å²) >= 11 is 8.73. The summed E-state index contributed by atoms with van der Waals surface area (Å²) in [4.78, 5) is 31.2. The number of aromatic nitrogens is 1. The number of thiophene rings is 1. The van der Waals surface area contributed by atoms with Gasteiger partial charge in [0.2, 0.25) is 5.91 Å². The lowest BCUT2D eigenvalue weighted by atomic mass is 10.0. The summed E-state index contributed by atoms with van der Waals surface area (Å²) < 4.78 is 0. The van der Waals surface area contributed by atoms with Gasteiger partial charge >= 0.3 is 5.97 Å². The number of carboxylic acid groups (broad SMARTS) is 1. The van der Waals surface area contributed by atoms with Gasteiger partial charge < -0.3 is 10.0 Å². The molecule has 1 aromatic carbocycles. The predicted octanol–water partition coefficient (Wildman–Crippen LogP) is 5.17. The van der Waals surface area contributed by atoms with Crippen molar-refractivity contribution >= 4 is 46.6 Å². The molecule has 0 spiro atoms. The minimum Gasteiger partial charge on any atom is -0.480 e. The second-order valence-electron chi connectivity index (χ2n) is 7.20. The van der Waals surface area contributed by atoms with Crippen molar-refractivity contribution in [3.63, 3.8) is 0 Å². The maximum absolute atomic E-state index is 12.8. The number of hydrogen-bond acceptors (Lipinski definition) is 6. The first-order valence-electron chi connectivity index (χ1n) is 9.88. The molecule has 1 aliphatic heterocycles. The van der Waals surface area contributed by atoms with Crippen molar-refractivity contribution in [3.8, 4) is 27.8 Å². The van der Waals surface area contributed by atoms with E-state index in [0.29, 0.717) is 46.3 Å². The van der Waals surface area contributed by atoms with Gasteiger partial charge in [0.15, 0.2) is 0 Å². The largest absolute Gasteiger partial charge is 0.480 e. The van der Waals surface area contributed by atoms with Crippen LogP contribution in [0.2, 0.25) is 5.02 Å². The predicted molar refractivity (Wildman–Crippen MR) is 126 cm³/mol. The molecule has 0 saturated carbocycles. The number of nitrogens with zero attached hydrogens (tertiary/aromatic N) is 3. The molecule has 0 bridgehead atoms. The maximum Gasteiger partial charge on any atom is 0.326 e. The number of amides is 1. The van der Waals surface area contributed by atoms with E-state index in [0.717, 1.165) is 22.2 Å². The number of carbonyl (C=O) groups excluding carboxylic acids is 1. The molecule has 4 rings (SSSR count). The normalized spacial score (nSPS) is 15.5. The van der Waals surface area contributed by atoms with Gasteiger partial charge in [0.05, 0.1) is 21.9 Å². The number of carbonyl (C=O) groups is 2. The molecule has 1 amide bonds. The Balaban J connectivity index is 1.69. The third kappa shape index (κ3) is 4.65. The van der Waals surface area contributed by atoms with Gasteiger partial charge in [-0.05, 0) is 48.1 Å². The fraction of sp³-hybridized carbons (Fsp3) is 0.217. The maximum atomic E-state index is 12.8. The van der Waals surface area contributed by atoms with E-state index in [2.05, 4.69) is 11.1 Å². The van der Waals surface area contributed by atoms with Gasteiger partial charge in [-0.15, -0.1) is 11.3 Å². The van der Waals surface area contributed by atoms with Crippen LogP contribution in [0.15, 0.2) is 52.9 Å². The third-order valence-electron chi connectivity index (χ3n) is 5.22. The third-order valence-corrected chi connectivity index (χ3v) is 7.32. The molecule has 162 valence electrons. The van der Waals surface area contributed by atoms with E-state index in [9.17, 15) is 20.0 Å². The Morgan fingerprint density at radius 1 is 1.31 bits per heavy atom. The zero-order valence-corrected chi connectivity index (χ0v) is 19.2. The lowest BCUT2D eigenvalue weighted by Crippen LogP contribution is -2.41. The summed E-state index contributed by atoms with van der Waals surface area (Å²) in [6.07, 6.45) is 1.13. The van der Waals surface area contributed by atoms with Crippen LogP contribution < -0.4 is 0 Å². The number of pyridine rings is 1. The molecule has 9 heteroatoms. The number of benzene rings is 1. The van der Waals surface area contributed by atoms with Gasteiger partial charge in [0, 0.05) is 17.1 Å². The van der Waals surface area contributed by atoms with Crippen molar-refractivity contribution in [1.82, 2.24) is 9.88 Å². The molecule has 1 N–H and O–H groups in total. The van der Waals surface area contributed by atoms with E-state index >= 15 is 0 Å². The number of rotatable bonds is 6. The summed E-state index contributed by atoms with van der Waals surface area (Å²) in [7, 11) is 0. The number of carboxylic acids is 1. The van der Waals surface area contributed by atoms with Gasteiger partial charge in [-0.1, -0.05) is 41.6 Å².